The third-order valence-corrected chi connectivity index (χ3v) is 5.35. The van der Waals surface area contributed by atoms with Crippen LogP contribution < -0.4 is 5.32 Å². The fourth-order valence-electron chi connectivity index (χ4n) is 2.61. The first kappa shape index (κ1) is 18.1. The number of aryl methyl sites for hydroxylation is 1. The minimum absolute atomic E-state index is 0.0572. The Morgan fingerprint density at radius 2 is 1.96 bits per heavy atom. The Bertz CT molecular complexity index is 882. The van der Waals surface area contributed by atoms with Crippen molar-refractivity contribution in [2.75, 3.05) is 0 Å². The average Bonchev–Trinajstić information content (AvgIpc) is 3.32. The molecule has 3 aromatic rings. The van der Waals surface area contributed by atoms with E-state index in [0.29, 0.717) is 5.56 Å². The van der Waals surface area contributed by atoms with E-state index >= 15 is 0 Å². The first-order chi connectivity index (χ1) is 12.5. The van der Waals surface area contributed by atoms with Gasteiger partial charge in [0, 0.05) is 35.4 Å². The second-order valence-corrected chi connectivity index (χ2v) is 7.31. The van der Waals surface area contributed by atoms with Gasteiger partial charge in [-0.2, -0.15) is 5.10 Å². The third-order valence-electron chi connectivity index (χ3n) is 4.11. The van der Waals surface area contributed by atoms with E-state index in [2.05, 4.69) is 10.4 Å². The molecule has 6 heteroatoms. The topological polar surface area (TPSA) is 64.0 Å². The minimum atomic E-state index is -0.0832. The first-order valence-corrected chi connectivity index (χ1v) is 9.34. The third kappa shape index (κ3) is 4.46. The Kier molecular flexibility index (Phi) is 5.63. The Morgan fingerprint density at radius 1 is 1.19 bits per heavy atom. The molecule has 0 bridgehead atoms. The smallest absolute Gasteiger partial charge is 0.251 e. The molecule has 1 aromatic carbocycles. The number of benzene rings is 1. The maximum absolute atomic E-state index is 12.4. The zero-order valence-corrected chi connectivity index (χ0v) is 15.6. The van der Waals surface area contributed by atoms with Gasteiger partial charge < -0.3 is 5.32 Å². The lowest BCUT2D eigenvalue weighted by molar-refractivity contribution is 0.0936. The first-order valence-electron chi connectivity index (χ1n) is 8.52. The van der Waals surface area contributed by atoms with Gasteiger partial charge in [0.2, 0.25) is 0 Å². The maximum atomic E-state index is 12.4. The van der Waals surface area contributed by atoms with E-state index in [9.17, 15) is 9.59 Å². The van der Waals surface area contributed by atoms with Crippen LogP contribution in [0.3, 0.4) is 0 Å². The van der Waals surface area contributed by atoms with Gasteiger partial charge in [-0.15, -0.1) is 11.3 Å². The van der Waals surface area contributed by atoms with Crippen LogP contribution in [0.1, 0.15) is 40.3 Å². The van der Waals surface area contributed by atoms with Gasteiger partial charge in [0.05, 0.1) is 4.88 Å². The Balaban J connectivity index is 1.58. The van der Waals surface area contributed by atoms with Crippen molar-refractivity contribution in [2.45, 2.75) is 32.9 Å². The molecule has 1 atom stereocenters. The quantitative estimate of drug-likeness (QED) is 0.642. The summed E-state index contributed by atoms with van der Waals surface area (Å²) >= 11 is 1.47. The number of Topliss-reactive ketones (excluding diaryl/α,β-unsaturated/α-hetero) is 1. The maximum Gasteiger partial charge on any atom is 0.251 e. The van der Waals surface area contributed by atoms with Crippen LogP contribution in [0.5, 0.6) is 0 Å². The summed E-state index contributed by atoms with van der Waals surface area (Å²) in [7, 11) is 0. The van der Waals surface area contributed by atoms with Crippen molar-refractivity contribution in [3.05, 3.63) is 65.3 Å². The Morgan fingerprint density at radius 3 is 2.58 bits per heavy atom. The number of carbonyl (C=O) groups is 2. The lowest BCUT2D eigenvalue weighted by Crippen LogP contribution is -2.33. The predicted molar refractivity (Wildman–Crippen MR) is 104 cm³/mol. The van der Waals surface area contributed by atoms with Crippen molar-refractivity contribution in [3.8, 4) is 10.4 Å². The fraction of sp³-hybridized carbons (Fsp3) is 0.250. The van der Waals surface area contributed by atoms with Gasteiger partial charge in [0.25, 0.3) is 5.91 Å². The van der Waals surface area contributed by atoms with Crippen LogP contribution in [0.2, 0.25) is 0 Å². The molecule has 0 aliphatic rings. The lowest BCUT2D eigenvalue weighted by Gasteiger charge is -2.14. The molecular weight excluding hydrogens is 346 g/mol. The molecular formula is C20H21N3O2S. The van der Waals surface area contributed by atoms with Crippen LogP contribution in [0.4, 0.5) is 0 Å². The van der Waals surface area contributed by atoms with Crippen molar-refractivity contribution in [1.29, 1.82) is 0 Å². The molecule has 134 valence electrons. The number of nitrogens with one attached hydrogen (secondary N) is 1. The number of aromatic nitrogens is 2. The van der Waals surface area contributed by atoms with Gasteiger partial charge in [0.1, 0.15) is 0 Å². The zero-order valence-electron chi connectivity index (χ0n) is 14.8. The van der Waals surface area contributed by atoms with Crippen molar-refractivity contribution >= 4 is 23.0 Å². The molecule has 2 aromatic heterocycles. The normalized spacial score (nSPS) is 11.9. The molecule has 0 spiro atoms. The molecule has 26 heavy (non-hydrogen) atoms. The lowest BCUT2D eigenvalue weighted by atomic mass is 10.1. The van der Waals surface area contributed by atoms with Crippen LogP contribution in [0, 0.1) is 0 Å². The van der Waals surface area contributed by atoms with E-state index in [-0.39, 0.29) is 17.7 Å². The monoisotopic (exact) mass is 367 g/mol. The zero-order chi connectivity index (χ0) is 18.5. The summed E-state index contributed by atoms with van der Waals surface area (Å²) in [6.07, 6.45) is 4.47. The highest BCUT2D eigenvalue weighted by atomic mass is 32.1. The number of thiophene rings is 1. The summed E-state index contributed by atoms with van der Waals surface area (Å²) in [5, 5.41) is 7.18. The van der Waals surface area contributed by atoms with Crippen molar-refractivity contribution in [1.82, 2.24) is 15.1 Å². The highest BCUT2D eigenvalue weighted by Crippen LogP contribution is 2.28. The molecule has 3 rings (SSSR count). The molecule has 5 nitrogen and oxygen atoms in total. The van der Waals surface area contributed by atoms with Crippen LogP contribution in [-0.2, 0) is 6.54 Å². The Hall–Kier alpha value is -2.73. The molecule has 1 N–H and O–H groups in total. The highest BCUT2D eigenvalue weighted by Gasteiger charge is 2.11. The number of amides is 1. The number of rotatable bonds is 7. The number of hydrogen-bond donors (Lipinski definition) is 1. The van der Waals surface area contributed by atoms with Gasteiger partial charge in [-0.05, 0) is 56.2 Å². The van der Waals surface area contributed by atoms with Crippen LogP contribution in [0.15, 0.2) is 54.9 Å². The summed E-state index contributed by atoms with van der Waals surface area (Å²) in [4.78, 5) is 25.6. The number of hydrogen-bond acceptors (Lipinski definition) is 4. The van der Waals surface area contributed by atoms with Crippen molar-refractivity contribution in [2.24, 2.45) is 0 Å². The number of carbonyl (C=O) groups excluding carboxylic acids is 2. The second-order valence-electron chi connectivity index (χ2n) is 6.23. The second kappa shape index (κ2) is 8.10. The summed E-state index contributed by atoms with van der Waals surface area (Å²) in [6.45, 7) is 4.32. The molecule has 0 fully saturated rings. The van der Waals surface area contributed by atoms with Gasteiger partial charge in [0.15, 0.2) is 5.78 Å². The largest absolute Gasteiger partial charge is 0.350 e. The SMILES string of the molecule is CC(=O)c1ccc(-c2ccc(C(=O)NC(C)CCn3cccn3)cc2)s1. The van der Waals surface area contributed by atoms with Crippen molar-refractivity contribution in [3.63, 3.8) is 0 Å². The van der Waals surface area contributed by atoms with E-state index in [0.717, 1.165) is 28.3 Å². The van der Waals surface area contributed by atoms with Gasteiger partial charge in [-0.25, -0.2) is 0 Å². The molecule has 0 saturated heterocycles. The summed E-state index contributed by atoms with van der Waals surface area (Å²) in [6, 6.07) is 13.2. The molecule has 0 aliphatic heterocycles. The molecule has 2 heterocycles. The fourth-order valence-corrected chi connectivity index (χ4v) is 3.51. The summed E-state index contributed by atoms with van der Waals surface area (Å²) in [5.41, 5.74) is 1.63. The van der Waals surface area contributed by atoms with Crippen LogP contribution in [0.25, 0.3) is 10.4 Å². The van der Waals surface area contributed by atoms with Crippen LogP contribution in [-0.4, -0.2) is 27.5 Å². The number of ketones is 1. The molecule has 1 unspecified atom stereocenters. The molecule has 0 aliphatic carbocycles. The van der Waals surface area contributed by atoms with E-state index in [1.54, 1.807) is 13.1 Å². The van der Waals surface area contributed by atoms with Crippen molar-refractivity contribution < 1.29 is 9.59 Å². The summed E-state index contributed by atoms with van der Waals surface area (Å²) in [5.74, 6) is -0.0125. The molecule has 0 radical (unpaired) electrons. The standard InChI is InChI=1S/C20H21N3O2S/c1-14(10-13-23-12-3-11-21-23)22-20(25)17-6-4-16(5-7-17)19-9-8-18(26-19)15(2)24/h3-9,11-12,14H,10,13H2,1-2H3,(H,22,25). The molecule has 0 saturated carbocycles. The van der Waals surface area contributed by atoms with Gasteiger partial charge in [-0.3, -0.25) is 14.3 Å². The minimum Gasteiger partial charge on any atom is -0.350 e. The summed E-state index contributed by atoms with van der Waals surface area (Å²) < 4.78 is 1.85. The van der Waals surface area contributed by atoms with Gasteiger partial charge in [-0.1, -0.05) is 12.1 Å². The number of nitrogens with zero attached hydrogens (tertiary/aromatic N) is 2. The van der Waals surface area contributed by atoms with E-state index < -0.39 is 0 Å². The van der Waals surface area contributed by atoms with Crippen LogP contribution >= 0.6 is 11.3 Å². The average molecular weight is 367 g/mol. The van der Waals surface area contributed by atoms with Gasteiger partial charge >= 0.3 is 0 Å². The van der Waals surface area contributed by atoms with E-state index in [1.165, 1.54) is 11.3 Å². The highest BCUT2D eigenvalue weighted by molar-refractivity contribution is 7.17. The van der Waals surface area contributed by atoms with E-state index in [4.69, 9.17) is 0 Å². The molecule has 1 amide bonds. The van der Waals surface area contributed by atoms with E-state index in [1.807, 2.05) is 60.3 Å². The predicted octanol–water partition coefficient (Wildman–Crippen LogP) is 4.02. The Labute approximate surface area is 156 Å².